The number of nitrogens with zero attached hydrogens (tertiary/aromatic N) is 1. The van der Waals surface area contributed by atoms with Gasteiger partial charge in [0, 0.05) is 39.6 Å². The normalized spacial score (nSPS) is 10.6. The Balaban J connectivity index is 1.31. The standard InChI is InChI=1S/C28H20BrClFN5O4/c29-18-2-1-3-20(14-18)33-28(39)34-24-10-9-21(15-23(24)31)40-22-12-13-32-25(16-22)27(38)36-35-26(37)11-6-17-4-7-19(30)8-5-17/h1-16H,(H,35,37)(H,36,38)(H2,33,34,39). The first-order valence-corrected chi connectivity index (χ1v) is 12.7. The topological polar surface area (TPSA) is 121 Å². The molecule has 4 N–H and O–H groups in total. The molecule has 4 aromatic rings. The molecule has 4 amide bonds. The van der Waals surface area contributed by atoms with Crippen LogP contribution in [0, 0.1) is 5.82 Å². The first-order chi connectivity index (χ1) is 19.2. The molecule has 202 valence electrons. The second-order valence-corrected chi connectivity index (χ2v) is 9.39. The van der Waals surface area contributed by atoms with Gasteiger partial charge in [0.15, 0.2) is 0 Å². The van der Waals surface area contributed by atoms with Crippen LogP contribution in [0.25, 0.3) is 6.08 Å². The Labute approximate surface area is 241 Å². The van der Waals surface area contributed by atoms with E-state index in [1.54, 1.807) is 54.6 Å². The number of ether oxygens (including phenoxy) is 1. The molecular formula is C28H20BrClFN5O4. The van der Waals surface area contributed by atoms with E-state index in [9.17, 15) is 18.8 Å². The quantitative estimate of drug-likeness (QED) is 0.137. The number of carbonyl (C=O) groups is 3. The summed E-state index contributed by atoms with van der Waals surface area (Å²) in [5.41, 5.74) is 5.67. The van der Waals surface area contributed by atoms with Crippen molar-refractivity contribution in [3.8, 4) is 11.5 Å². The van der Waals surface area contributed by atoms with E-state index in [4.69, 9.17) is 16.3 Å². The van der Waals surface area contributed by atoms with E-state index in [1.165, 1.54) is 36.5 Å². The fourth-order valence-electron chi connectivity index (χ4n) is 3.22. The highest BCUT2D eigenvalue weighted by atomic mass is 79.9. The van der Waals surface area contributed by atoms with E-state index >= 15 is 0 Å². The largest absolute Gasteiger partial charge is 0.457 e. The maximum absolute atomic E-state index is 14.6. The van der Waals surface area contributed by atoms with Crippen molar-refractivity contribution in [3.05, 3.63) is 118 Å². The fourth-order valence-corrected chi connectivity index (χ4v) is 3.74. The molecule has 0 aliphatic rings. The first kappa shape index (κ1) is 28.3. The molecule has 0 fully saturated rings. The summed E-state index contributed by atoms with van der Waals surface area (Å²) in [5, 5.41) is 5.61. The zero-order valence-corrected chi connectivity index (χ0v) is 22.8. The number of nitrogens with one attached hydrogen (secondary N) is 4. The van der Waals surface area contributed by atoms with Crippen LogP contribution in [-0.4, -0.2) is 22.8 Å². The van der Waals surface area contributed by atoms with Crippen molar-refractivity contribution < 1.29 is 23.5 Å². The molecule has 0 saturated heterocycles. The maximum atomic E-state index is 14.6. The predicted octanol–water partition coefficient (Wildman–Crippen LogP) is 6.55. The number of urea groups is 1. The van der Waals surface area contributed by atoms with Crippen molar-refractivity contribution >= 4 is 62.8 Å². The Morgan fingerprint density at radius 2 is 1.68 bits per heavy atom. The van der Waals surface area contributed by atoms with Gasteiger partial charge in [-0.3, -0.25) is 25.4 Å². The second-order valence-electron chi connectivity index (χ2n) is 8.04. The minimum Gasteiger partial charge on any atom is -0.457 e. The van der Waals surface area contributed by atoms with Crippen LogP contribution >= 0.6 is 27.5 Å². The number of hydrogen-bond donors (Lipinski definition) is 4. The SMILES string of the molecule is O=C(C=Cc1ccc(Cl)cc1)NNC(=O)c1cc(Oc2ccc(NC(=O)Nc3cccc(Br)c3)c(F)c2)ccn1. The second kappa shape index (κ2) is 13.4. The van der Waals surface area contributed by atoms with E-state index in [-0.39, 0.29) is 22.9 Å². The van der Waals surface area contributed by atoms with Crippen molar-refractivity contribution in [2.45, 2.75) is 0 Å². The third-order valence-corrected chi connectivity index (χ3v) is 5.81. The summed E-state index contributed by atoms with van der Waals surface area (Å²) >= 11 is 9.14. The van der Waals surface area contributed by atoms with Crippen LogP contribution in [0.15, 0.2) is 95.6 Å². The Bertz CT molecular complexity index is 1580. The Hall–Kier alpha value is -4.74. The number of hydrazine groups is 1. The molecule has 1 aromatic heterocycles. The minimum absolute atomic E-state index is 0.0533. The van der Waals surface area contributed by atoms with Crippen LogP contribution in [0.3, 0.4) is 0 Å². The summed E-state index contributed by atoms with van der Waals surface area (Å²) in [6.07, 6.45) is 4.12. The average molecular weight is 625 g/mol. The molecule has 0 unspecified atom stereocenters. The highest BCUT2D eigenvalue weighted by Crippen LogP contribution is 2.26. The van der Waals surface area contributed by atoms with E-state index in [1.807, 2.05) is 0 Å². The molecule has 9 nitrogen and oxygen atoms in total. The number of aromatic nitrogens is 1. The molecule has 3 aromatic carbocycles. The zero-order valence-electron chi connectivity index (χ0n) is 20.5. The van der Waals surface area contributed by atoms with Gasteiger partial charge in [0.25, 0.3) is 11.8 Å². The summed E-state index contributed by atoms with van der Waals surface area (Å²) < 4.78 is 21.0. The monoisotopic (exact) mass is 623 g/mol. The molecule has 0 atom stereocenters. The average Bonchev–Trinajstić information content (AvgIpc) is 2.93. The van der Waals surface area contributed by atoms with Gasteiger partial charge in [-0.1, -0.05) is 45.7 Å². The van der Waals surface area contributed by atoms with Crippen LogP contribution < -0.4 is 26.2 Å². The van der Waals surface area contributed by atoms with E-state index in [0.29, 0.717) is 10.7 Å². The Morgan fingerprint density at radius 1 is 0.900 bits per heavy atom. The summed E-state index contributed by atoms with van der Waals surface area (Å²) in [6, 6.07) is 19.8. The lowest BCUT2D eigenvalue weighted by atomic mass is 10.2. The van der Waals surface area contributed by atoms with Gasteiger partial charge in [-0.2, -0.15) is 0 Å². The van der Waals surface area contributed by atoms with Crippen molar-refractivity contribution in [2.24, 2.45) is 0 Å². The molecule has 0 spiro atoms. The molecule has 40 heavy (non-hydrogen) atoms. The van der Waals surface area contributed by atoms with Crippen molar-refractivity contribution in [2.75, 3.05) is 10.6 Å². The predicted molar refractivity (Wildman–Crippen MR) is 154 cm³/mol. The third-order valence-electron chi connectivity index (χ3n) is 5.07. The smallest absolute Gasteiger partial charge is 0.323 e. The zero-order chi connectivity index (χ0) is 28.5. The number of anilines is 2. The lowest BCUT2D eigenvalue weighted by molar-refractivity contribution is -0.117. The fraction of sp³-hybridized carbons (Fsp3) is 0. The first-order valence-electron chi connectivity index (χ1n) is 11.6. The summed E-state index contributed by atoms with van der Waals surface area (Å²) in [4.78, 5) is 40.6. The number of hydrogen-bond acceptors (Lipinski definition) is 5. The Kier molecular flexibility index (Phi) is 9.44. The highest BCUT2D eigenvalue weighted by molar-refractivity contribution is 9.10. The lowest BCUT2D eigenvalue weighted by Gasteiger charge is -2.11. The summed E-state index contributed by atoms with van der Waals surface area (Å²) in [7, 11) is 0. The number of benzene rings is 3. The molecule has 12 heteroatoms. The molecule has 1 heterocycles. The number of rotatable bonds is 7. The molecule has 0 aliphatic carbocycles. The maximum Gasteiger partial charge on any atom is 0.323 e. The lowest BCUT2D eigenvalue weighted by Crippen LogP contribution is -2.41. The van der Waals surface area contributed by atoms with Crippen molar-refractivity contribution in [3.63, 3.8) is 0 Å². The van der Waals surface area contributed by atoms with Crippen molar-refractivity contribution in [1.82, 2.24) is 15.8 Å². The third kappa shape index (κ3) is 8.38. The van der Waals surface area contributed by atoms with Gasteiger partial charge < -0.3 is 15.4 Å². The van der Waals surface area contributed by atoms with Gasteiger partial charge in [0.2, 0.25) is 0 Å². The van der Waals surface area contributed by atoms with Crippen LogP contribution in [0.2, 0.25) is 5.02 Å². The van der Waals surface area contributed by atoms with Gasteiger partial charge >= 0.3 is 6.03 Å². The van der Waals surface area contributed by atoms with Gasteiger partial charge in [0.1, 0.15) is 23.0 Å². The summed E-state index contributed by atoms with van der Waals surface area (Å²) in [6.45, 7) is 0. The van der Waals surface area contributed by atoms with Crippen LogP contribution in [0.4, 0.5) is 20.6 Å². The van der Waals surface area contributed by atoms with Crippen LogP contribution in [0.1, 0.15) is 16.1 Å². The van der Waals surface area contributed by atoms with E-state index < -0.39 is 23.7 Å². The van der Waals surface area contributed by atoms with Crippen LogP contribution in [0.5, 0.6) is 11.5 Å². The molecule has 0 saturated carbocycles. The number of pyridine rings is 1. The Morgan fingerprint density at radius 3 is 2.42 bits per heavy atom. The molecule has 0 aliphatic heterocycles. The number of amides is 4. The van der Waals surface area contributed by atoms with E-state index in [2.05, 4.69) is 42.4 Å². The minimum atomic E-state index is -0.733. The molecule has 4 rings (SSSR count). The summed E-state index contributed by atoms with van der Waals surface area (Å²) in [5.74, 6) is -1.68. The van der Waals surface area contributed by atoms with Gasteiger partial charge in [-0.05, 0) is 60.2 Å². The molecule has 0 radical (unpaired) electrons. The highest BCUT2D eigenvalue weighted by Gasteiger charge is 2.12. The number of halogens is 3. The molecule has 0 bridgehead atoms. The van der Waals surface area contributed by atoms with Crippen LogP contribution in [-0.2, 0) is 4.79 Å². The van der Waals surface area contributed by atoms with E-state index in [0.717, 1.165) is 16.1 Å². The van der Waals surface area contributed by atoms with Gasteiger partial charge in [0.05, 0.1) is 5.69 Å². The number of carbonyl (C=O) groups excluding carboxylic acids is 3. The van der Waals surface area contributed by atoms with Gasteiger partial charge in [-0.25, -0.2) is 9.18 Å². The van der Waals surface area contributed by atoms with Gasteiger partial charge in [-0.15, -0.1) is 0 Å². The molecular weight excluding hydrogens is 605 g/mol. The van der Waals surface area contributed by atoms with Crippen molar-refractivity contribution in [1.29, 1.82) is 0 Å².